The number of amides is 1. The summed E-state index contributed by atoms with van der Waals surface area (Å²) in [6.45, 7) is 8.10. The van der Waals surface area contributed by atoms with Gasteiger partial charge in [-0.3, -0.25) is 4.79 Å². The van der Waals surface area contributed by atoms with Gasteiger partial charge in [0.15, 0.2) is 0 Å². The van der Waals surface area contributed by atoms with E-state index in [0.29, 0.717) is 11.8 Å². The molecule has 3 rings (SSSR count). The Morgan fingerprint density at radius 1 is 1.18 bits per heavy atom. The minimum atomic E-state index is -0.262. The Morgan fingerprint density at radius 3 is 2.32 bits per heavy atom. The molecule has 1 aromatic rings. The van der Waals surface area contributed by atoms with E-state index in [2.05, 4.69) is 11.8 Å². The molecule has 1 amide bonds. The van der Waals surface area contributed by atoms with Gasteiger partial charge in [0.25, 0.3) is 0 Å². The Hall–Kier alpha value is -1.02. The fourth-order valence-corrected chi connectivity index (χ4v) is 3.73. The Kier molecular flexibility index (Phi) is 5.91. The molecule has 2 fully saturated rings. The first kappa shape index (κ1) is 17.3. The summed E-state index contributed by atoms with van der Waals surface area (Å²) in [6, 6.07) is 7.88. The van der Waals surface area contributed by atoms with Crippen LogP contribution in [0.3, 0.4) is 0 Å². The van der Waals surface area contributed by atoms with E-state index in [1.54, 1.807) is 0 Å². The molecule has 0 bridgehead atoms. The van der Waals surface area contributed by atoms with Crippen LogP contribution in [0.5, 0.6) is 0 Å². The summed E-state index contributed by atoms with van der Waals surface area (Å²) < 4.78 is 0. The van der Waals surface area contributed by atoms with E-state index in [4.69, 9.17) is 11.6 Å². The molecular formula is C19H28ClNO. The molecule has 0 aromatic heterocycles. The third-order valence-corrected chi connectivity index (χ3v) is 5.21. The summed E-state index contributed by atoms with van der Waals surface area (Å²) in [5, 5.41) is 0.738. The molecule has 122 valence electrons. The molecule has 1 unspecified atom stereocenters. The van der Waals surface area contributed by atoms with Crippen LogP contribution < -0.4 is 0 Å². The predicted molar refractivity (Wildman–Crippen MR) is 93.3 cm³/mol. The van der Waals surface area contributed by atoms with Crippen molar-refractivity contribution < 1.29 is 4.79 Å². The lowest BCUT2D eigenvalue weighted by atomic mass is 9.63. The highest BCUT2D eigenvalue weighted by molar-refractivity contribution is 6.30. The smallest absolute Gasteiger partial charge is 0.233 e. The van der Waals surface area contributed by atoms with Gasteiger partial charge in [0.05, 0.1) is 5.41 Å². The van der Waals surface area contributed by atoms with Gasteiger partial charge in [-0.2, -0.15) is 0 Å². The van der Waals surface area contributed by atoms with E-state index in [1.165, 1.54) is 6.42 Å². The van der Waals surface area contributed by atoms with Gasteiger partial charge in [0, 0.05) is 18.1 Å². The lowest BCUT2D eigenvalue weighted by Gasteiger charge is -2.45. The molecule has 1 saturated heterocycles. The molecular weight excluding hydrogens is 294 g/mol. The summed E-state index contributed by atoms with van der Waals surface area (Å²) in [5.41, 5.74) is 0.887. The van der Waals surface area contributed by atoms with Crippen molar-refractivity contribution in [3.8, 4) is 0 Å². The Morgan fingerprint density at radius 2 is 1.82 bits per heavy atom. The number of halogens is 1. The molecule has 2 nitrogen and oxygen atoms in total. The summed E-state index contributed by atoms with van der Waals surface area (Å²) in [7, 11) is 0. The number of benzene rings is 1. The Labute approximate surface area is 139 Å². The highest BCUT2D eigenvalue weighted by atomic mass is 35.5. The molecule has 1 aliphatic carbocycles. The summed E-state index contributed by atoms with van der Waals surface area (Å²) >= 11 is 5.97. The average Bonchev–Trinajstić information content (AvgIpc) is 2.50. The lowest BCUT2D eigenvalue weighted by molar-refractivity contribution is -0.142. The fraction of sp³-hybridized carbons (Fsp3) is 0.632. The molecule has 2 aliphatic rings. The molecule has 0 spiro atoms. The van der Waals surface area contributed by atoms with Gasteiger partial charge in [0.2, 0.25) is 5.91 Å². The largest absolute Gasteiger partial charge is 0.342 e. The first-order chi connectivity index (χ1) is 10.6. The van der Waals surface area contributed by atoms with E-state index in [-0.39, 0.29) is 5.41 Å². The molecule has 0 radical (unpaired) electrons. The minimum absolute atomic E-state index is 0.262. The van der Waals surface area contributed by atoms with Crippen molar-refractivity contribution >= 4 is 17.5 Å². The SMILES string of the molecule is CC.CC1CCCN(C(=O)C2(c3ccc(Cl)cc3)CCC2)C1. The average molecular weight is 322 g/mol. The van der Waals surface area contributed by atoms with Crippen molar-refractivity contribution in [1.82, 2.24) is 4.90 Å². The van der Waals surface area contributed by atoms with Crippen molar-refractivity contribution in [2.45, 2.75) is 58.3 Å². The second kappa shape index (κ2) is 7.50. The third-order valence-electron chi connectivity index (χ3n) is 4.96. The van der Waals surface area contributed by atoms with Crippen LogP contribution in [0.15, 0.2) is 24.3 Å². The number of piperidine rings is 1. The van der Waals surface area contributed by atoms with Crippen molar-refractivity contribution in [3.05, 3.63) is 34.9 Å². The molecule has 1 heterocycles. The van der Waals surface area contributed by atoms with Crippen molar-refractivity contribution in [2.24, 2.45) is 5.92 Å². The van der Waals surface area contributed by atoms with Crippen molar-refractivity contribution in [3.63, 3.8) is 0 Å². The van der Waals surface area contributed by atoms with Crippen LogP contribution in [-0.4, -0.2) is 23.9 Å². The first-order valence-corrected chi connectivity index (χ1v) is 9.05. The van der Waals surface area contributed by atoms with Crippen LogP contribution in [0.4, 0.5) is 0 Å². The molecule has 3 heteroatoms. The monoisotopic (exact) mass is 321 g/mol. The fourth-order valence-electron chi connectivity index (χ4n) is 3.60. The lowest BCUT2D eigenvalue weighted by Crippen LogP contribution is -2.53. The molecule has 1 aliphatic heterocycles. The number of carbonyl (C=O) groups is 1. The number of hydrogen-bond acceptors (Lipinski definition) is 1. The number of likely N-dealkylation sites (tertiary alicyclic amines) is 1. The Bertz CT molecular complexity index is 493. The van der Waals surface area contributed by atoms with Crippen LogP contribution in [0.1, 0.15) is 58.4 Å². The Balaban J connectivity index is 0.000000847. The van der Waals surface area contributed by atoms with Gasteiger partial charge < -0.3 is 4.90 Å². The van der Waals surface area contributed by atoms with Crippen LogP contribution in [0.25, 0.3) is 0 Å². The number of carbonyl (C=O) groups excluding carboxylic acids is 1. The quantitative estimate of drug-likeness (QED) is 0.746. The van der Waals surface area contributed by atoms with Crippen molar-refractivity contribution in [1.29, 1.82) is 0 Å². The van der Waals surface area contributed by atoms with Gasteiger partial charge in [-0.25, -0.2) is 0 Å². The van der Waals surface area contributed by atoms with E-state index < -0.39 is 0 Å². The standard InChI is InChI=1S/C17H22ClNO.C2H6/c1-13-4-2-11-19(12-13)16(20)17(9-3-10-17)14-5-7-15(18)8-6-14;1-2/h5-8,13H,2-4,9-12H2,1H3;1-2H3. The zero-order valence-corrected chi connectivity index (χ0v) is 14.8. The van der Waals surface area contributed by atoms with Crippen molar-refractivity contribution in [2.75, 3.05) is 13.1 Å². The zero-order valence-electron chi connectivity index (χ0n) is 14.1. The zero-order chi connectivity index (χ0) is 16.2. The van der Waals surface area contributed by atoms with Crippen LogP contribution >= 0.6 is 11.6 Å². The summed E-state index contributed by atoms with van der Waals surface area (Å²) in [5.74, 6) is 0.979. The van der Waals surface area contributed by atoms with Gasteiger partial charge in [-0.1, -0.05) is 50.9 Å². The normalized spacial score (nSPS) is 23.1. The molecule has 1 aromatic carbocycles. The van der Waals surface area contributed by atoms with E-state index in [9.17, 15) is 4.79 Å². The second-order valence-corrected chi connectivity index (χ2v) is 6.88. The molecule has 0 N–H and O–H groups in total. The highest BCUT2D eigenvalue weighted by Crippen LogP contribution is 2.45. The molecule has 22 heavy (non-hydrogen) atoms. The summed E-state index contributed by atoms with van der Waals surface area (Å²) in [6.07, 6.45) is 5.51. The predicted octanol–water partition coefficient (Wildman–Crippen LogP) is 5.05. The topological polar surface area (TPSA) is 20.3 Å². The van der Waals surface area contributed by atoms with Crippen LogP contribution in [0.2, 0.25) is 5.02 Å². The highest BCUT2D eigenvalue weighted by Gasteiger charge is 2.47. The van der Waals surface area contributed by atoms with E-state index in [0.717, 1.165) is 49.4 Å². The molecule has 1 saturated carbocycles. The molecule has 1 atom stereocenters. The number of nitrogens with zero attached hydrogens (tertiary/aromatic N) is 1. The second-order valence-electron chi connectivity index (χ2n) is 6.44. The summed E-state index contributed by atoms with van der Waals surface area (Å²) in [4.78, 5) is 15.1. The van der Waals surface area contributed by atoms with E-state index in [1.807, 2.05) is 38.1 Å². The maximum Gasteiger partial charge on any atom is 0.233 e. The van der Waals surface area contributed by atoms with E-state index >= 15 is 0 Å². The van der Waals surface area contributed by atoms with Gasteiger partial charge in [0.1, 0.15) is 0 Å². The number of hydrogen-bond donors (Lipinski definition) is 0. The maximum atomic E-state index is 13.0. The van der Waals surface area contributed by atoms with Gasteiger partial charge in [-0.15, -0.1) is 0 Å². The van der Waals surface area contributed by atoms with Gasteiger partial charge in [-0.05, 0) is 49.3 Å². The van der Waals surface area contributed by atoms with Crippen LogP contribution in [-0.2, 0) is 10.2 Å². The van der Waals surface area contributed by atoms with Gasteiger partial charge >= 0.3 is 0 Å². The minimum Gasteiger partial charge on any atom is -0.342 e. The third kappa shape index (κ3) is 3.32. The first-order valence-electron chi connectivity index (χ1n) is 8.67. The maximum absolute atomic E-state index is 13.0. The number of rotatable bonds is 2. The van der Waals surface area contributed by atoms with Crippen LogP contribution in [0, 0.1) is 5.92 Å².